The number of hydrogen-bond acceptors (Lipinski definition) is 9. The predicted octanol–water partition coefficient (Wildman–Crippen LogP) is 3.94. The molecule has 0 radical (unpaired) electrons. The zero-order chi connectivity index (χ0) is 24.3. The van der Waals surface area contributed by atoms with Gasteiger partial charge in [0.1, 0.15) is 17.5 Å². The van der Waals surface area contributed by atoms with E-state index >= 15 is 0 Å². The molecule has 0 amide bonds. The highest BCUT2D eigenvalue weighted by Crippen LogP contribution is 2.29. The van der Waals surface area contributed by atoms with Crippen molar-refractivity contribution in [1.29, 1.82) is 0 Å². The van der Waals surface area contributed by atoms with Crippen molar-refractivity contribution in [3.63, 3.8) is 0 Å². The van der Waals surface area contributed by atoms with Crippen molar-refractivity contribution in [3.8, 4) is 11.6 Å². The van der Waals surface area contributed by atoms with Crippen LogP contribution in [-0.4, -0.2) is 58.2 Å². The zero-order valence-electron chi connectivity index (χ0n) is 19.0. The second-order valence-corrected chi connectivity index (χ2v) is 10.2. The monoisotopic (exact) mass is 501 g/mol. The number of benzene rings is 1. The van der Waals surface area contributed by atoms with Crippen LogP contribution >= 0.6 is 11.6 Å². The van der Waals surface area contributed by atoms with E-state index in [-0.39, 0.29) is 10.9 Å². The summed E-state index contributed by atoms with van der Waals surface area (Å²) in [6, 6.07) is 9.84. The summed E-state index contributed by atoms with van der Waals surface area (Å²) in [6.07, 6.45) is 5.94. The Balaban J connectivity index is 1.52. The fourth-order valence-corrected chi connectivity index (χ4v) is 4.26. The summed E-state index contributed by atoms with van der Waals surface area (Å²) >= 11 is 5.83. The van der Waals surface area contributed by atoms with Gasteiger partial charge in [-0.05, 0) is 49.2 Å². The Morgan fingerprint density at radius 3 is 2.53 bits per heavy atom. The average Bonchev–Trinajstić information content (AvgIpc) is 3.25. The molecular weight excluding hydrogens is 478 g/mol. The Morgan fingerprint density at radius 1 is 1.12 bits per heavy atom. The van der Waals surface area contributed by atoms with Gasteiger partial charge in [0.2, 0.25) is 5.88 Å². The second-order valence-electron chi connectivity index (χ2n) is 7.84. The molecule has 0 spiro atoms. The van der Waals surface area contributed by atoms with Crippen LogP contribution in [0.4, 0.5) is 5.82 Å². The maximum Gasteiger partial charge on any atom is 0.233 e. The van der Waals surface area contributed by atoms with Gasteiger partial charge in [0.15, 0.2) is 26.5 Å². The molecule has 3 heterocycles. The second kappa shape index (κ2) is 9.90. The molecule has 0 fully saturated rings. The van der Waals surface area contributed by atoms with Crippen LogP contribution < -0.4 is 9.64 Å². The summed E-state index contributed by atoms with van der Waals surface area (Å²) in [4.78, 5) is 10.9. The fraction of sp³-hybridized carbons (Fsp3) is 0.318. The van der Waals surface area contributed by atoms with Gasteiger partial charge in [0.25, 0.3) is 0 Å². The highest BCUT2D eigenvalue weighted by atomic mass is 35.5. The maximum atomic E-state index is 11.7. The smallest absolute Gasteiger partial charge is 0.233 e. The summed E-state index contributed by atoms with van der Waals surface area (Å²) in [7, 11) is -1.33. The summed E-state index contributed by atoms with van der Waals surface area (Å²) in [5.74, 6) is 1.56. The van der Waals surface area contributed by atoms with Gasteiger partial charge < -0.3 is 9.64 Å². The van der Waals surface area contributed by atoms with Crippen LogP contribution in [-0.2, 0) is 9.84 Å². The third-order valence-corrected chi connectivity index (χ3v) is 6.77. The van der Waals surface area contributed by atoms with Gasteiger partial charge in [0.05, 0.1) is 17.1 Å². The van der Waals surface area contributed by atoms with Gasteiger partial charge >= 0.3 is 0 Å². The standard InChI is InChI=1S/C22H24ClN7O3S/c1-4-15(11-12-29(2)20-10-9-19(23)27-28-20)30-21-18(13-26-30)22(25-14-24-21)33-16-5-7-17(8-6-16)34(3,31)32/h5-10,13-15H,4,11-12H2,1-3H3. The molecular formula is C22H24ClN7O3S. The number of ether oxygens (including phenoxy) is 1. The Labute approximate surface area is 202 Å². The fourth-order valence-electron chi connectivity index (χ4n) is 3.53. The Kier molecular flexibility index (Phi) is 6.94. The van der Waals surface area contributed by atoms with Gasteiger partial charge in [-0.1, -0.05) is 18.5 Å². The first-order chi connectivity index (χ1) is 16.3. The summed E-state index contributed by atoms with van der Waals surface area (Å²) in [5.41, 5.74) is 0.665. The van der Waals surface area contributed by atoms with Gasteiger partial charge in [-0.25, -0.2) is 23.1 Å². The van der Waals surface area contributed by atoms with E-state index in [0.717, 1.165) is 31.5 Å². The number of sulfone groups is 1. The zero-order valence-corrected chi connectivity index (χ0v) is 20.5. The van der Waals surface area contributed by atoms with Crippen LogP contribution in [0, 0.1) is 0 Å². The van der Waals surface area contributed by atoms with E-state index in [0.29, 0.717) is 27.8 Å². The molecule has 12 heteroatoms. The van der Waals surface area contributed by atoms with Gasteiger partial charge in [0, 0.05) is 19.8 Å². The van der Waals surface area contributed by atoms with E-state index in [1.54, 1.807) is 24.4 Å². The lowest BCUT2D eigenvalue weighted by Crippen LogP contribution is -2.23. The third-order valence-electron chi connectivity index (χ3n) is 5.44. The minimum atomic E-state index is -3.28. The van der Waals surface area contributed by atoms with Crippen molar-refractivity contribution in [3.05, 3.63) is 54.1 Å². The molecule has 10 nitrogen and oxygen atoms in total. The number of anilines is 1. The molecule has 1 atom stereocenters. The lowest BCUT2D eigenvalue weighted by Gasteiger charge is -2.22. The molecule has 1 aromatic carbocycles. The molecule has 0 bridgehead atoms. The first-order valence-electron chi connectivity index (χ1n) is 10.6. The average molecular weight is 502 g/mol. The van der Waals surface area contributed by atoms with E-state index in [2.05, 4.69) is 32.2 Å². The van der Waals surface area contributed by atoms with E-state index < -0.39 is 9.84 Å². The minimum absolute atomic E-state index is 0.0944. The summed E-state index contributed by atoms with van der Waals surface area (Å²) in [6.45, 7) is 2.83. The number of rotatable bonds is 9. The maximum absolute atomic E-state index is 11.7. The first-order valence-corrected chi connectivity index (χ1v) is 12.9. The molecule has 4 rings (SSSR count). The molecule has 178 valence electrons. The Hall–Kier alpha value is -3.31. The van der Waals surface area contributed by atoms with Crippen LogP contribution in [0.5, 0.6) is 11.6 Å². The highest BCUT2D eigenvalue weighted by Gasteiger charge is 2.18. The minimum Gasteiger partial charge on any atom is -0.438 e. The van der Waals surface area contributed by atoms with Crippen LogP contribution in [0.1, 0.15) is 25.8 Å². The molecule has 0 saturated heterocycles. The largest absolute Gasteiger partial charge is 0.438 e. The van der Waals surface area contributed by atoms with Crippen molar-refractivity contribution in [2.45, 2.75) is 30.7 Å². The van der Waals surface area contributed by atoms with Crippen LogP contribution in [0.25, 0.3) is 11.0 Å². The molecule has 1 unspecified atom stereocenters. The lowest BCUT2D eigenvalue weighted by molar-refractivity contribution is 0.424. The molecule has 4 aromatic rings. The number of hydrogen-bond donors (Lipinski definition) is 0. The van der Waals surface area contributed by atoms with Gasteiger partial charge in [-0.15, -0.1) is 10.2 Å². The van der Waals surface area contributed by atoms with Crippen molar-refractivity contribution in [2.75, 3.05) is 24.7 Å². The van der Waals surface area contributed by atoms with Gasteiger partial charge in [-0.2, -0.15) is 5.10 Å². The quantitative estimate of drug-likeness (QED) is 0.336. The third kappa shape index (κ3) is 5.26. The molecule has 0 saturated carbocycles. The lowest BCUT2D eigenvalue weighted by atomic mass is 10.1. The summed E-state index contributed by atoms with van der Waals surface area (Å²) < 4.78 is 31.2. The van der Waals surface area contributed by atoms with E-state index in [1.165, 1.54) is 18.5 Å². The summed E-state index contributed by atoms with van der Waals surface area (Å²) in [5, 5.41) is 13.6. The van der Waals surface area contributed by atoms with Crippen LogP contribution in [0.2, 0.25) is 5.15 Å². The molecule has 34 heavy (non-hydrogen) atoms. The van der Waals surface area contributed by atoms with Crippen molar-refractivity contribution in [1.82, 2.24) is 29.9 Å². The first kappa shape index (κ1) is 23.8. The number of nitrogens with zero attached hydrogens (tertiary/aromatic N) is 7. The SMILES string of the molecule is CCC(CCN(C)c1ccc(Cl)nn1)n1ncc2c(Oc3ccc(S(C)(=O)=O)cc3)ncnc21. The highest BCUT2D eigenvalue weighted by molar-refractivity contribution is 7.90. The Morgan fingerprint density at radius 2 is 1.88 bits per heavy atom. The van der Waals surface area contributed by atoms with E-state index in [4.69, 9.17) is 16.3 Å². The van der Waals surface area contributed by atoms with Crippen molar-refractivity contribution in [2.24, 2.45) is 0 Å². The van der Waals surface area contributed by atoms with Crippen molar-refractivity contribution >= 4 is 38.3 Å². The van der Waals surface area contributed by atoms with Crippen molar-refractivity contribution < 1.29 is 13.2 Å². The number of fused-ring (bicyclic) bond motifs is 1. The topological polar surface area (TPSA) is 116 Å². The number of halogens is 1. The molecule has 0 aliphatic carbocycles. The van der Waals surface area contributed by atoms with E-state index in [9.17, 15) is 8.42 Å². The van der Waals surface area contributed by atoms with E-state index in [1.807, 2.05) is 22.7 Å². The normalized spacial score (nSPS) is 12.6. The van der Waals surface area contributed by atoms with Crippen LogP contribution in [0.15, 0.2) is 53.8 Å². The predicted molar refractivity (Wildman–Crippen MR) is 129 cm³/mol. The van der Waals surface area contributed by atoms with Crippen LogP contribution in [0.3, 0.4) is 0 Å². The molecule has 0 aliphatic heterocycles. The molecule has 3 aromatic heterocycles. The Bertz CT molecular complexity index is 1380. The molecule has 0 aliphatic rings. The number of aromatic nitrogens is 6. The molecule has 0 N–H and O–H groups in total. The van der Waals surface area contributed by atoms with Gasteiger partial charge in [-0.3, -0.25) is 0 Å².